The van der Waals surface area contributed by atoms with Crippen LogP contribution in [0.4, 0.5) is 0 Å². The number of nitrogens with zero attached hydrogens (tertiary/aromatic N) is 4. The minimum absolute atomic E-state index is 0.0327. The lowest BCUT2D eigenvalue weighted by Crippen LogP contribution is -2.50. The van der Waals surface area contributed by atoms with Gasteiger partial charge in [-0.3, -0.25) is 4.79 Å². The predicted molar refractivity (Wildman–Crippen MR) is 115 cm³/mol. The second-order valence-corrected chi connectivity index (χ2v) is 9.52. The first-order chi connectivity index (χ1) is 13.8. The van der Waals surface area contributed by atoms with Crippen LogP contribution in [-0.4, -0.2) is 65.4 Å². The van der Waals surface area contributed by atoms with Crippen LogP contribution in [-0.2, 0) is 14.8 Å². The lowest BCUT2D eigenvalue weighted by Gasteiger charge is -2.33. The molecule has 3 rings (SSSR count). The zero-order valence-electron chi connectivity index (χ0n) is 16.5. The Kier molecular flexibility index (Phi) is 7.05. The molecule has 1 aromatic carbocycles. The van der Waals surface area contributed by atoms with Gasteiger partial charge in [0.1, 0.15) is 0 Å². The van der Waals surface area contributed by atoms with Gasteiger partial charge in [-0.25, -0.2) is 18.4 Å². The van der Waals surface area contributed by atoms with E-state index in [-0.39, 0.29) is 24.7 Å². The third kappa shape index (κ3) is 6.12. The van der Waals surface area contributed by atoms with Crippen molar-refractivity contribution in [3.05, 3.63) is 58.8 Å². The molecule has 1 aliphatic rings. The monoisotopic (exact) mass is 432 g/mol. The summed E-state index contributed by atoms with van der Waals surface area (Å²) in [5, 5.41) is 1.82. The van der Waals surface area contributed by atoms with Crippen LogP contribution < -0.4 is 0 Å². The molecule has 1 amide bonds. The Hall–Kier alpha value is -2.23. The maximum absolute atomic E-state index is 12.5. The van der Waals surface area contributed by atoms with Crippen molar-refractivity contribution >= 4 is 33.8 Å². The van der Waals surface area contributed by atoms with Gasteiger partial charge >= 0.3 is 0 Å². The van der Waals surface area contributed by atoms with Gasteiger partial charge in [0.15, 0.2) is 5.16 Å². The summed E-state index contributed by atoms with van der Waals surface area (Å²) in [6, 6.07) is 11.2. The van der Waals surface area contributed by atoms with Gasteiger partial charge in [0.2, 0.25) is 15.9 Å². The number of sulfonamides is 1. The maximum Gasteiger partial charge on any atom is 0.236 e. The molecule has 1 aliphatic heterocycles. The molecule has 0 unspecified atom stereocenters. The van der Waals surface area contributed by atoms with Gasteiger partial charge in [-0.05, 0) is 31.6 Å². The summed E-state index contributed by atoms with van der Waals surface area (Å²) in [7, 11) is -3.51. The van der Waals surface area contributed by atoms with E-state index >= 15 is 0 Å². The Labute approximate surface area is 175 Å². The highest BCUT2D eigenvalue weighted by molar-refractivity contribution is 7.99. The Bertz CT molecular complexity index is 966. The van der Waals surface area contributed by atoms with Crippen LogP contribution >= 0.6 is 11.8 Å². The summed E-state index contributed by atoms with van der Waals surface area (Å²) in [4.78, 5) is 22.8. The van der Waals surface area contributed by atoms with Crippen molar-refractivity contribution in [1.82, 2.24) is 19.2 Å². The number of amides is 1. The van der Waals surface area contributed by atoms with Gasteiger partial charge in [-0.15, -0.1) is 0 Å². The number of piperazine rings is 1. The standard InChI is InChI=1S/C20H24N4O3S2/c1-16-14-17(2)22-20(21-16)28-15-19(25)23-9-11-24(12-10-23)29(26,27)13-8-18-6-4-3-5-7-18/h3-8,13-14H,9-12,15H2,1-2H3/b13-8+. The lowest BCUT2D eigenvalue weighted by atomic mass is 10.2. The second kappa shape index (κ2) is 9.51. The molecular weight excluding hydrogens is 408 g/mol. The maximum atomic E-state index is 12.5. The molecule has 0 saturated carbocycles. The largest absolute Gasteiger partial charge is 0.339 e. The fourth-order valence-corrected chi connectivity index (χ4v) is 5.01. The molecule has 29 heavy (non-hydrogen) atoms. The Morgan fingerprint density at radius 1 is 1.07 bits per heavy atom. The highest BCUT2D eigenvalue weighted by Crippen LogP contribution is 2.17. The highest BCUT2D eigenvalue weighted by Gasteiger charge is 2.27. The van der Waals surface area contributed by atoms with Gasteiger partial charge in [0.25, 0.3) is 0 Å². The summed E-state index contributed by atoms with van der Waals surface area (Å²) in [6.07, 6.45) is 1.59. The van der Waals surface area contributed by atoms with E-state index in [1.54, 1.807) is 11.0 Å². The second-order valence-electron chi connectivity index (χ2n) is 6.76. The normalized spacial score (nSPS) is 15.7. The molecule has 0 atom stereocenters. The number of carbonyl (C=O) groups is 1. The third-order valence-corrected chi connectivity index (χ3v) is 6.87. The zero-order valence-corrected chi connectivity index (χ0v) is 18.1. The van der Waals surface area contributed by atoms with Crippen LogP contribution in [0.1, 0.15) is 17.0 Å². The van der Waals surface area contributed by atoms with Crippen LogP contribution in [0.2, 0.25) is 0 Å². The van der Waals surface area contributed by atoms with Crippen molar-refractivity contribution in [3.8, 4) is 0 Å². The number of thioether (sulfide) groups is 1. The lowest BCUT2D eigenvalue weighted by molar-refractivity contribution is -0.129. The highest BCUT2D eigenvalue weighted by atomic mass is 32.2. The first kappa shape index (κ1) is 21.5. The summed E-state index contributed by atoms with van der Waals surface area (Å²) in [5.41, 5.74) is 2.57. The number of benzene rings is 1. The van der Waals surface area contributed by atoms with Gasteiger partial charge in [0, 0.05) is 43.0 Å². The van der Waals surface area contributed by atoms with E-state index in [0.717, 1.165) is 17.0 Å². The molecule has 0 N–H and O–H groups in total. The van der Waals surface area contributed by atoms with E-state index in [0.29, 0.717) is 18.2 Å². The average molecular weight is 433 g/mol. The minimum Gasteiger partial charge on any atom is -0.339 e. The molecule has 0 spiro atoms. The Balaban J connectivity index is 1.51. The number of hydrogen-bond acceptors (Lipinski definition) is 6. The van der Waals surface area contributed by atoms with Crippen LogP contribution in [0, 0.1) is 13.8 Å². The number of carbonyl (C=O) groups excluding carboxylic acids is 1. The van der Waals surface area contributed by atoms with Crippen LogP contribution in [0.5, 0.6) is 0 Å². The topological polar surface area (TPSA) is 83.5 Å². The van der Waals surface area contributed by atoms with Gasteiger partial charge in [-0.1, -0.05) is 42.1 Å². The number of rotatable bonds is 6. The molecule has 2 heterocycles. The van der Waals surface area contributed by atoms with Crippen molar-refractivity contribution in [3.63, 3.8) is 0 Å². The van der Waals surface area contributed by atoms with Crippen molar-refractivity contribution in [2.75, 3.05) is 31.9 Å². The van der Waals surface area contributed by atoms with E-state index < -0.39 is 10.0 Å². The molecule has 0 aliphatic carbocycles. The number of hydrogen-bond donors (Lipinski definition) is 0. The van der Waals surface area contributed by atoms with Gasteiger partial charge in [0.05, 0.1) is 5.75 Å². The smallest absolute Gasteiger partial charge is 0.236 e. The summed E-state index contributed by atoms with van der Waals surface area (Å²) >= 11 is 1.31. The summed E-state index contributed by atoms with van der Waals surface area (Å²) in [5.74, 6) is 0.207. The molecule has 1 fully saturated rings. The van der Waals surface area contributed by atoms with E-state index in [4.69, 9.17) is 0 Å². The van der Waals surface area contributed by atoms with E-state index in [9.17, 15) is 13.2 Å². The molecule has 0 radical (unpaired) electrons. The quantitative estimate of drug-likeness (QED) is 0.515. The molecule has 2 aromatic rings. The zero-order chi connectivity index (χ0) is 20.9. The minimum atomic E-state index is -3.51. The number of aryl methyl sites for hydroxylation is 2. The van der Waals surface area contributed by atoms with Crippen molar-refractivity contribution < 1.29 is 13.2 Å². The van der Waals surface area contributed by atoms with Gasteiger partial charge < -0.3 is 4.90 Å². The fraction of sp³-hybridized carbons (Fsp3) is 0.350. The van der Waals surface area contributed by atoms with Crippen molar-refractivity contribution in [2.24, 2.45) is 0 Å². The predicted octanol–water partition coefficient (Wildman–Crippen LogP) is 2.33. The first-order valence-corrected chi connectivity index (χ1v) is 11.8. The van der Waals surface area contributed by atoms with E-state index in [1.165, 1.54) is 21.5 Å². The molecule has 1 saturated heterocycles. The van der Waals surface area contributed by atoms with Crippen LogP contribution in [0.15, 0.2) is 47.0 Å². The Morgan fingerprint density at radius 2 is 1.69 bits per heavy atom. The molecule has 0 bridgehead atoms. The summed E-state index contributed by atoms with van der Waals surface area (Å²) < 4.78 is 26.5. The third-order valence-electron chi connectivity index (χ3n) is 4.47. The van der Waals surface area contributed by atoms with Gasteiger partial charge in [-0.2, -0.15) is 4.31 Å². The van der Waals surface area contributed by atoms with E-state index in [1.807, 2.05) is 50.2 Å². The van der Waals surface area contributed by atoms with Crippen molar-refractivity contribution in [1.29, 1.82) is 0 Å². The molecule has 154 valence electrons. The molecular formula is C20H24N4O3S2. The van der Waals surface area contributed by atoms with Crippen LogP contribution in [0.3, 0.4) is 0 Å². The summed E-state index contributed by atoms with van der Waals surface area (Å²) in [6.45, 7) is 5.13. The molecule has 9 heteroatoms. The average Bonchev–Trinajstić information content (AvgIpc) is 2.71. The number of aromatic nitrogens is 2. The van der Waals surface area contributed by atoms with E-state index in [2.05, 4.69) is 9.97 Å². The van der Waals surface area contributed by atoms with Crippen molar-refractivity contribution in [2.45, 2.75) is 19.0 Å². The van der Waals surface area contributed by atoms with Crippen LogP contribution in [0.25, 0.3) is 6.08 Å². The first-order valence-electron chi connectivity index (χ1n) is 9.30. The fourth-order valence-electron chi connectivity index (χ4n) is 2.98. The molecule has 7 nitrogen and oxygen atoms in total. The molecule has 1 aromatic heterocycles. The SMILES string of the molecule is Cc1cc(C)nc(SCC(=O)N2CCN(S(=O)(=O)/C=C/c3ccccc3)CC2)n1. The Morgan fingerprint density at radius 3 is 2.31 bits per heavy atom.